The molecule has 2 bridgehead atoms. The first-order valence-corrected chi connectivity index (χ1v) is 30.2. The summed E-state index contributed by atoms with van der Waals surface area (Å²) < 4.78 is 0. The van der Waals surface area contributed by atoms with Gasteiger partial charge in [0.15, 0.2) is 17.5 Å². The van der Waals surface area contributed by atoms with Crippen LogP contribution in [0.5, 0.6) is 0 Å². The highest BCUT2D eigenvalue weighted by Crippen LogP contribution is 2.69. The lowest BCUT2D eigenvalue weighted by molar-refractivity contribution is 0.0368. The van der Waals surface area contributed by atoms with E-state index in [4.69, 9.17) is 15.0 Å². The molecule has 2 saturated carbocycles. The summed E-state index contributed by atoms with van der Waals surface area (Å²) in [6.07, 6.45) is 11.4. The maximum atomic E-state index is 5.65. The van der Waals surface area contributed by atoms with Crippen molar-refractivity contribution >= 4 is 10.0 Å². The summed E-state index contributed by atoms with van der Waals surface area (Å²) in [6.45, 7) is 14.4. The molecule has 0 N–H and O–H groups in total. The lowest BCUT2D eigenvalue weighted by atomic mass is 9.49. The number of aromatic nitrogens is 3. The molecule has 0 amide bonds. The summed E-state index contributed by atoms with van der Waals surface area (Å²) in [4.78, 5) is 19.8. The average Bonchev–Trinajstić information content (AvgIpc) is 4.05. The number of benzene rings is 8. The molecule has 8 aromatic carbocycles. The predicted molar refractivity (Wildman–Crippen MR) is 313 cm³/mol. The summed E-state index contributed by atoms with van der Waals surface area (Å²) in [5.74, 6) is 4.71. The fourth-order valence-electron chi connectivity index (χ4n) is 16.4. The SMILES string of the molecule is CCC1CC2CC(C)C3(c4cc(-c5ccc6c(c5)S(C)(C)c5ccccc5-6)ccc4-c4c(-c5nc(-c6ccc7c(c6)-c6ccccc6C7(C)C)nc(-c6ccc7c(c6)-c6ccccc6C7(C)C)n5)cccc43)C(C1)C2. The van der Waals surface area contributed by atoms with E-state index in [2.05, 4.69) is 218 Å². The molecule has 5 atom stereocenters. The smallest absolute Gasteiger partial charge is 0.164 e. The summed E-state index contributed by atoms with van der Waals surface area (Å²) in [7, 11) is -1.15. The molecule has 1 aliphatic heterocycles. The average molecular weight is 992 g/mol. The van der Waals surface area contributed by atoms with Gasteiger partial charge in [-0.3, -0.25) is 0 Å². The van der Waals surface area contributed by atoms with Crippen LogP contribution < -0.4 is 0 Å². The number of rotatable bonds is 5. The van der Waals surface area contributed by atoms with Gasteiger partial charge >= 0.3 is 0 Å². The minimum Gasteiger partial charge on any atom is -0.208 e. The van der Waals surface area contributed by atoms with E-state index in [1.54, 1.807) is 0 Å². The molecule has 3 nitrogen and oxygen atoms in total. The molecule has 370 valence electrons. The summed E-state index contributed by atoms with van der Waals surface area (Å²) in [5, 5.41) is 0. The zero-order valence-electron chi connectivity index (χ0n) is 44.7. The first-order chi connectivity index (χ1) is 36.3. The fraction of sp³-hybridized carbons (Fsp3) is 0.282. The number of fused-ring (bicyclic) bond motifs is 17. The number of hydrogen-bond acceptors (Lipinski definition) is 3. The Morgan fingerprint density at radius 1 is 0.427 bits per heavy atom. The Kier molecular flexibility index (Phi) is 9.61. The van der Waals surface area contributed by atoms with Crippen LogP contribution in [-0.2, 0) is 16.2 Å². The van der Waals surface area contributed by atoms with Crippen LogP contribution in [0, 0.1) is 23.7 Å². The van der Waals surface area contributed by atoms with E-state index >= 15 is 0 Å². The molecule has 5 aliphatic carbocycles. The highest BCUT2D eigenvalue weighted by molar-refractivity contribution is 8.33. The van der Waals surface area contributed by atoms with Crippen LogP contribution in [0.25, 0.3) is 89.8 Å². The largest absolute Gasteiger partial charge is 0.208 e. The van der Waals surface area contributed by atoms with Crippen LogP contribution in [0.3, 0.4) is 0 Å². The third-order valence-electron chi connectivity index (χ3n) is 20.0. The van der Waals surface area contributed by atoms with E-state index < -0.39 is 10.0 Å². The highest BCUT2D eigenvalue weighted by atomic mass is 32.3. The Morgan fingerprint density at radius 2 is 0.947 bits per heavy atom. The van der Waals surface area contributed by atoms with Crippen molar-refractivity contribution in [2.24, 2.45) is 23.7 Å². The minimum absolute atomic E-state index is 0.0993. The minimum atomic E-state index is -1.15. The van der Waals surface area contributed by atoms with E-state index in [0.29, 0.717) is 23.5 Å². The lowest BCUT2D eigenvalue weighted by Gasteiger charge is -2.54. The van der Waals surface area contributed by atoms with Gasteiger partial charge in [-0.25, -0.2) is 15.0 Å². The monoisotopic (exact) mass is 991 g/mol. The quantitative estimate of drug-likeness (QED) is 0.172. The molecule has 2 heterocycles. The van der Waals surface area contributed by atoms with Gasteiger partial charge in [0, 0.05) is 42.7 Å². The lowest BCUT2D eigenvalue weighted by Crippen LogP contribution is -2.49. The van der Waals surface area contributed by atoms with Crippen LogP contribution >= 0.6 is 10.0 Å². The maximum absolute atomic E-state index is 5.65. The molecular formula is C71H65N3S. The van der Waals surface area contributed by atoms with Gasteiger partial charge in [0.25, 0.3) is 0 Å². The zero-order valence-corrected chi connectivity index (χ0v) is 45.5. The van der Waals surface area contributed by atoms with Crippen molar-refractivity contribution in [3.8, 4) is 89.8 Å². The van der Waals surface area contributed by atoms with Crippen molar-refractivity contribution in [2.45, 2.75) is 99.7 Å². The molecule has 0 radical (unpaired) electrons. The normalized spacial score (nSPS) is 23.3. The van der Waals surface area contributed by atoms with E-state index in [0.717, 1.165) is 34.4 Å². The summed E-state index contributed by atoms with van der Waals surface area (Å²) in [5.41, 5.74) is 24.4. The van der Waals surface area contributed by atoms with Crippen molar-refractivity contribution in [3.05, 3.63) is 197 Å². The predicted octanol–water partition coefficient (Wildman–Crippen LogP) is 18.4. The van der Waals surface area contributed by atoms with Crippen molar-refractivity contribution in [3.63, 3.8) is 0 Å². The van der Waals surface area contributed by atoms with Crippen LogP contribution in [0.2, 0.25) is 0 Å². The van der Waals surface area contributed by atoms with Gasteiger partial charge in [0.05, 0.1) is 0 Å². The Morgan fingerprint density at radius 3 is 1.60 bits per heavy atom. The molecule has 6 aliphatic rings. The Labute approximate surface area is 445 Å². The Bertz CT molecular complexity index is 3800. The molecule has 0 saturated heterocycles. The third-order valence-corrected chi connectivity index (χ3v) is 22.9. The fourth-order valence-corrected chi connectivity index (χ4v) is 18.9. The Hall–Kier alpha value is -6.88. The van der Waals surface area contributed by atoms with Crippen LogP contribution in [0.4, 0.5) is 0 Å². The molecule has 75 heavy (non-hydrogen) atoms. The molecule has 15 rings (SSSR count). The summed E-state index contributed by atoms with van der Waals surface area (Å²) >= 11 is 0. The van der Waals surface area contributed by atoms with Gasteiger partial charge in [-0.15, -0.1) is 0 Å². The first kappa shape index (κ1) is 45.5. The van der Waals surface area contributed by atoms with Crippen LogP contribution in [0.15, 0.2) is 174 Å². The maximum Gasteiger partial charge on any atom is 0.164 e. The standard InChI is InChI=1S/C71H65N3S/c1-9-42-34-43-33-41(2)71(48(35-42)36-43)61-23-16-20-54(65(61)53-30-26-44(39-62(53)71)45-25-29-52-51-19-12-15-24-63(51)75(7,8)64(52)40-45)68-73-66(46-27-31-59-55(37-46)49-17-10-13-21-57(49)69(59,3)4)72-67(74-68)47-28-32-60-56(38-47)50-18-11-14-22-58(50)70(60,5)6/h10-32,37-43,48H,9,33-36H2,1-8H3. The van der Waals surface area contributed by atoms with Gasteiger partial charge in [-0.1, -0.05) is 181 Å². The molecule has 2 fully saturated rings. The molecule has 9 aromatic rings. The van der Waals surface area contributed by atoms with Crippen molar-refractivity contribution in [1.82, 2.24) is 15.0 Å². The van der Waals surface area contributed by atoms with Crippen molar-refractivity contribution < 1.29 is 0 Å². The summed E-state index contributed by atoms with van der Waals surface area (Å²) in [6, 6.07) is 62.9. The van der Waals surface area contributed by atoms with Crippen molar-refractivity contribution in [2.75, 3.05) is 12.5 Å². The van der Waals surface area contributed by atoms with Crippen LogP contribution in [0.1, 0.15) is 107 Å². The van der Waals surface area contributed by atoms with Gasteiger partial charge < -0.3 is 0 Å². The molecule has 1 aromatic heterocycles. The highest BCUT2D eigenvalue weighted by Gasteiger charge is 2.57. The molecule has 1 spiro atoms. The molecular weight excluding hydrogens is 927 g/mol. The zero-order chi connectivity index (χ0) is 50.9. The Balaban J connectivity index is 0.946. The second-order valence-electron chi connectivity index (χ2n) is 24.7. The van der Waals surface area contributed by atoms with Gasteiger partial charge in [0.2, 0.25) is 0 Å². The van der Waals surface area contributed by atoms with E-state index in [9.17, 15) is 0 Å². The number of hydrogen-bond donors (Lipinski definition) is 0. The van der Waals surface area contributed by atoms with E-state index in [1.165, 1.54) is 131 Å². The van der Waals surface area contributed by atoms with E-state index in [1.807, 2.05) is 0 Å². The van der Waals surface area contributed by atoms with Crippen molar-refractivity contribution in [1.29, 1.82) is 0 Å². The topological polar surface area (TPSA) is 38.7 Å². The second kappa shape index (κ2) is 15.8. The molecule has 4 heteroatoms. The van der Waals surface area contributed by atoms with E-state index in [-0.39, 0.29) is 16.2 Å². The van der Waals surface area contributed by atoms with Gasteiger partial charge in [0.1, 0.15) is 0 Å². The second-order valence-corrected chi connectivity index (χ2v) is 28.3. The van der Waals surface area contributed by atoms with Gasteiger partial charge in [-0.05, 0) is 181 Å². The first-order valence-electron chi connectivity index (χ1n) is 27.8. The third kappa shape index (κ3) is 6.21. The molecule has 5 unspecified atom stereocenters. The van der Waals surface area contributed by atoms with Gasteiger partial charge in [-0.2, -0.15) is 10.0 Å². The van der Waals surface area contributed by atoms with Crippen LogP contribution in [-0.4, -0.2) is 27.5 Å². The number of nitrogens with zero attached hydrogens (tertiary/aromatic N) is 3.